The van der Waals surface area contributed by atoms with Gasteiger partial charge in [0.25, 0.3) is 0 Å². The first-order valence-corrected chi connectivity index (χ1v) is 14.8. The maximum atomic E-state index is 12.8. The van der Waals surface area contributed by atoms with E-state index in [0.717, 1.165) is 30.2 Å². The van der Waals surface area contributed by atoms with Gasteiger partial charge in [0, 0.05) is 8.07 Å². The zero-order chi connectivity index (χ0) is 21.1. The highest BCUT2D eigenvalue weighted by atomic mass is 28.3. The van der Waals surface area contributed by atoms with E-state index < -0.39 is 8.07 Å². The van der Waals surface area contributed by atoms with Crippen molar-refractivity contribution in [1.82, 2.24) is 0 Å². The Balaban J connectivity index is 1.36. The molecular weight excluding hydrogens is 388 g/mol. The molecule has 4 heteroatoms. The van der Waals surface area contributed by atoms with Crippen molar-refractivity contribution in [3.05, 3.63) is 71.8 Å². The summed E-state index contributed by atoms with van der Waals surface area (Å²) in [5.41, 5.74) is 3.68. The molecule has 158 valence electrons. The van der Waals surface area contributed by atoms with Gasteiger partial charge in [-0.25, -0.2) is 0 Å². The van der Waals surface area contributed by atoms with Gasteiger partial charge in [0.05, 0.1) is 12.5 Å². The Hall–Kier alpha value is -2.33. The molecule has 0 amide bonds. The number of rotatable bonds is 8. The van der Waals surface area contributed by atoms with Gasteiger partial charge < -0.3 is 9.47 Å². The summed E-state index contributed by atoms with van der Waals surface area (Å²) >= 11 is 0. The lowest BCUT2D eigenvalue weighted by Crippen LogP contribution is -2.27. The quantitative estimate of drug-likeness (QED) is 0.377. The topological polar surface area (TPSA) is 35.5 Å². The molecule has 1 saturated carbocycles. The lowest BCUT2D eigenvalue weighted by Gasteiger charge is -2.20. The predicted molar refractivity (Wildman–Crippen MR) is 124 cm³/mol. The number of carbonyl (C=O) groups is 1. The van der Waals surface area contributed by atoms with E-state index in [1.165, 1.54) is 11.1 Å². The molecule has 0 heterocycles. The van der Waals surface area contributed by atoms with Gasteiger partial charge in [0.15, 0.2) is 0 Å². The molecule has 4 rings (SSSR count). The maximum Gasteiger partial charge on any atom is 0.310 e. The fraction of sp³-hybridized carbons (Fsp3) is 0.423. The molecule has 0 radical (unpaired) electrons. The molecule has 3 nitrogen and oxygen atoms in total. The van der Waals surface area contributed by atoms with E-state index in [1.54, 1.807) is 0 Å². The first kappa shape index (κ1) is 20.9. The second-order valence-electron chi connectivity index (χ2n) is 9.77. The first-order chi connectivity index (χ1) is 14.4. The number of hydrogen-bond donors (Lipinski definition) is 0. The summed E-state index contributed by atoms with van der Waals surface area (Å²) in [7, 11) is -1.18. The van der Waals surface area contributed by atoms with Gasteiger partial charge >= 0.3 is 5.97 Å². The standard InChI is InChI=1S/C26H32O3Si/c1-30(2,3)16-15-28-26(27)25-21-11-14-23(25)24(17-21)20-9-12-22(13-10-20)29-18-19-7-5-4-6-8-19/h4-10,12-13,17,21,23,25H,11,14-16,18H2,1-3H3. The minimum absolute atomic E-state index is 0.00909. The second-order valence-corrected chi connectivity index (χ2v) is 15.4. The van der Waals surface area contributed by atoms with Crippen LogP contribution in [0.25, 0.3) is 5.57 Å². The third kappa shape index (κ3) is 4.86. The van der Waals surface area contributed by atoms with Crippen LogP contribution in [0.1, 0.15) is 24.0 Å². The molecule has 2 aliphatic rings. The van der Waals surface area contributed by atoms with E-state index in [1.807, 2.05) is 30.3 Å². The minimum Gasteiger partial charge on any atom is -0.489 e. The van der Waals surface area contributed by atoms with Crippen molar-refractivity contribution >= 4 is 19.6 Å². The molecule has 3 atom stereocenters. The molecule has 1 fully saturated rings. The van der Waals surface area contributed by atoms with Crippen molar-refractivity contribution in [1.29, 1.82) is 0 Å². The van der Waals surface area contributed by atoms with Crippen LogP contribution in [0.15, 0.2) is 60.7 Å². The highest BCUT2D eigenvalue weighted by molar-refractivity contribution is 6.76. The van der Waals surface area contributed by atoms with Crippen molar-refractivity contribution in [2.45, 2.75) is 45.1 Å². The van der Waals surface area contributed by atoms with Gasteiger partial charge in [0.1, 0.15) is 12.4 Å². The van der Waals surface area contributed by atoms with E-state index in [9.17, 15) is 4.79 Å². The molecule has 2 aromatic rings. The van der Waals surface area contributed by atoms with Crippen LogP contribution in [0.5, 0.6) is 5.75 Å². The van der Waals surface area contributed by atoms with Crippen molar-refractivity contribution < 1.29 is 14.3 Å². The number of ether oxygens (including phenoxy) is 2. The van der Waals surface area contributed by atoms with E-state index in [-0.39, 0.29) is 11.9 Å². The van der Waals surface area contributed by atoms with Gasteiger partial charge in [-0.1, -0.05) is 68.2 Å². The fourth-order valence-corrected chi connectivity index (χ4v) is 5.32. The zero-order valence-electron chi connectivity index (χ0n) is 18.3. The lowest BCUT2D eigenvalue weighted by atomic mass is 9.89. The van der Waals surface area contributed by atoms with Crippen LogP contribution in [0.2, 0.25) is 25.7 Å². The van der Waals surface area contributed by atoms with Gasteiger partial charge in [-0.3, -0.25) is 4.79 Å². The van der Waals surface area contributed by atoms with E-state index in [0.29, 0.717) is 25.0 Å². The van der Waals surface area contributed by atoms with Crippen LogP contribution in [0.4, 0.5) is 0 Å². The monoisotopic (exact) mass is 420 g/mol. The largest absolute Gasteiger partial charge is 0.489 e. The summed E-state index contributed by atoms with van der Waals surface area (Å²) in [6, 6.07) is 19.5. The molecule has 2 aromatic carbocycles. The van der Waals surface area contributed by atoms with Crippen LogP contribution >= 0.6 is 0 Å². The second kappa shape index (κ2) is 8.81. The van der Waals surface area contributed by atoms with Crippen LogP contribution in [0.3, 0.4) is 0 Å². The summed E-state index contributed by atoms with van der Waals surface area (Å²) in [5.74, 6) is 1.52. The Kier molecular flexibility index (Phi) is 6.14. The van der Waals surface area contributed by atoms with Crippen LogP contribution < -0.4 is 4.74 Å². The molecule has 0 N–H and O–H groups in total. The first-order valence-electron chi connectivity index (χ1n) is 11.1. The van der Waals surface area contributed by atoms with Gasteiger partial charge in [0.2, 0.25) is 0 Å². The number of allylic oxidation sites excluding steroid dienone is 2. The number of esters is 1. The minimum atomic E-state index is -1.18. The summed E-state index contributed by atoms with van der Waals surface area (Å²) in [5, 5.41) is 0. The Morgan fingerprint density at radius 3 is 2.43 bits per heavy atom. The number of carbonyl (C=O) groups excluding carboxylic acids is 1. The molecule has 0 saturated heterocycles. The Labute approximate surface area is 181 Å². The lowest BCUT2D eigenvalue weighted by molar-refractivity contribution is -0.149. The van der Waals surface area contributed by atoms with Crippen molar-refractivity contribution in [3.8, 4) is 5.75 Å². The van der Waals surface area contributed by atoms with Crippen molar-refractivity contribution in [2.75, 3.05) is 6.61 Å². The normalized spacial score (nSPS) is 22.6. The molecular formula is C26H32O3Si. The Morgan fingerprint density at radius 2 is 1.73 bits per heavy atom. The van der Waals surface area contributed by atoms with Gasteiger partial charge in [-0.2, -0.15) is 0 Å². The molecule has 0 aromatic heterocycles. The summed E-state index contributed by atoms with van der Waals surface area (Å²) in [6.45, 7) is 8.08. The predicted octanol–water partition coefficient (Wildman–Crippen LogP) is 6.19. The van der Waals surface area contributed by atoms with E-state index in [4.69, 9.17) is 9.47 Å². The van der Waals surface area contributed by atoms with Crippen LogP contribution in [-0.4, -0.2) is 20.7 Å². The number of benzene rings is 2. The van der Waals surface area contributed by atoms with E-state index >= 15 is 0 Å². The molecule has 30 heavy (non-hydrogen) atoms. The summed E-state index contributed by atoms with van der Waals surface area (Å²) in [6.07, 6.45) is 4.50. The van der Waals surface area contributed by atoms with Gasteiger partial charge in [-0.05, 0) is 59.6 Å². The Morgan fingerprint density at radius 1 is 1.00 bits per heavy atom. The van der Waals surface area contributed by atoms with Crippen molar-refractivity contribution in [3.63, 3.8) is 0 Å². The third-order valence-corrected chi connectivity index (χ3v) is 8.01. The number of hydrogen-bond acceptors (Lipinski definition) is 3. The SMILES string of the molecule is C[Si](C)(C)CCOC(=O)C1C2C=C(c3ccc(OCc4ccccc4)cc3)C1CC2. The summed E-state index contributed by atoms with van der Waals surface area (Å²) in [4.78, 5) is 12.8. The Bertz CT molecular complexity index is 896. The zero-order valence-corrected chi connectivity index (χ0v) is 19.3. The molecule has 2 aliphatic carbocycles. The van der Waals surface area contributed by atoms with Gasteiger partial charge in [-0.15, -0.1) is 0 Å². The smallest absolute Gasteiger partial charge is 0.310 e. The highest BCUT2D eigenvalue weighted by Gasteiger charge is 2.47. The molecule has 3 unspecified atom stereocenters. The van der Waals surface area contributed by atoms with Crippen molar-refractivity contribution in [2.24, 2.45) is 17.8 Å². The van der Waals surface area contributed by atoms with Crippen LogP contribution in [-0.2, 0) is 16.1 Å². The fourth-order valence-electron chi connectivity index (χ4n) is 4.61. The summed E-state index contributed by atoms with van der Waals surface area (Å²) < 4.78 is 11.6. The number of fused-ring (bicyclic) bond motifs is 2. The molecule has 0 aliphatic heterocycles. The van der Waals surface area contributed by atoms with Crippen LogP contribution in [0, 0.1) is 17.8 Å². The highest BCUT2D eigenvalue weighted by Crippen LogP contribution is 2.52. The molecule has 2 bridgehead atoms. The third-order valence-electron chi connectivity index (χ3n) is 6.30. The average molecular weight is 421 g/mol. The van der Waals surface area contributed by atoms with E-state index in [2.05, 4.69) is 50.0 Å². The maximum absolute atomic E-state index is 12.8. The average Bonchev–Trinajstić information content (AvgIpc) is 3.31. The molecule has 0 spiro atoms.